The topological polar surface area (TPSA) is 75.4 Å². The molecule has 25 heavy (non-hydrogen) atoms. The number of hydrogen-bond acceptors (Lipinski definition) is 3. The molecule has 0 saturated carbocycles. The van der Waals surface area contributed by atoms with Crippen LogP contribution in [-0.2, 0) is 16.0 Å². The van der Waals surface area contributed by atoms with E-state index in [4.69, 9.17) is 11.6 Å². The van der Waals surface area contributed by atoms with Crippen molar-refractivity contribution in [2.75, 3.05) is 6.54 Å². The van der Waals surface area contributed by atoms with Gasteiger partial charge in [0.05, 0.1) is 17.8 Å². The normalized spacial score (nSPS) is 17.1. The first-order chi connectivity index (χ1) is 11.9. The van der Waals surface area contributed by atoms with Crippen LogP contribution in [0.15, 0.2) is 24.3 Å². The van der Waals surface area contributed by atoms with Gasteiger partial charge in [0.1, 0.15) is 6.04 Å². The van der Waals surface area contributed by atoms with Gasteiger partial charge in [0.2, 0.25) is 5.91 Å². The zero-order valence-electron chi connectivity index (χ0n) is 14.2. The summed E-state index contributed by atoms with van der Waals surface area (Å²) >= 11 is 5.93. The number of aryl methyl sites for hydroxylation is 1. The highest BCUT2D eigenvalue weighted by molar-refractivity contribution is 6.30. The van der Waals surface area contributed by atoms with E-state index >= 15 is 0 Å². The monoisotopic (exact) mass is 361 g/mol. The minimum Gasteiger partial charge on any atom is -0.480 e. The van der Waals surface area contributed by atoms with Gasteiger partial charge in [-0.2, -0.15) is 5.10 Å². The molecule has 1 fully saturated rings. The number of halogens is 1. The number of carboxylic acids is 1. The number of rotatable bonds is 4. The summed E-state index contributed by atoms with van der Waals surface area (Å²) in [7, 11) is 0. The van der Waals surface area contributed by atoms with Crippen LogP contribution in [0.25, 0.3) is 5.69 Å². The third-order valence-electron chi connectivity index (χ3n) is 4.70. The van der Waals surface area contributed by atoms with Crippen LogP contribution in [0.4, 0.5) is 0 Å². The Balaban J connectivity index is 1.85. The van der Waals surface area contributed by atoms with Crippen LogP contribution in [-0.4, -0.2) is 44.3 Å². The Morgan fingerprint density at radius 2 is 1.96 bits per heavy atom. The van der Waals surface area contributed by atoms with Crippen molar-refractivity contribution in [3.8, 4) is 5.69 Å². The predicted octanol–water partition coefficient (Wildman–Crippen LogP) is 2.76. The van der Waals surface area contributed by atoms with Crippen molar-refractivity contribution in [3.05, 3.63) is 46.2 Å². The molecule has 0 bridgehead atoms. The smallest absolute Gasteiger partial charge is 0.326 e. The maximum Gasteiger partial charge on any atom is 0.326 e. The van der Waals surface area contributed by atoms with Crippen LogP contribution in [0.2, 0.25) is 5.02 Å². The standard InChI is InChI=1S/C18H20ClN3O3/c1-11-15(10-17(23)21-9-3-4-16(21)18(24)25)12(2)22(20-11)14-7-5-13(19)6-8-14/h5-8,16H,3-4,9-10H2,1-2H3,(H,24,25)/t16-/m1/s1. The second-order valence-corrected chi connectivity index (χ2v) is 6.73. The molecule has 6 nitrogen and oxygen atoms in total. The largest absolute Gasteiger partial charge is 0.480 e. The predicted molar refractivity (Wildman–Crippen MR) is 94.1 cm³/mol. The van der Waals surface area contributed by atoms with E-state index in [1.165, 1.54) is 4.90 Å². The Bertz CT molecular complexity index is 814. The number of carbonyl (C=O) groups is 2. The molecule has 1 aliphatic heterocycles. The number of amides is 1. The third-order valence-corrected chi connectivity index (χ3v) is 4.95. The molecular formula is C18H20ClN3O3. The quantitative estimate of drug-likeness (QED) is 0.908. The SMILES string of the molecule is Cc1nn(-c2ccc(Cl)cc2)c(C)c1CC(=O)N1CCC[C@@H]1C(=O)O. The Kier molecular flexibility index (Phi) is 4.81. The average molecular weight is 362 g/mol. The highest BCUT2D eigenvalue weighted by Crippen LogP contribution is 2.23. The lowest BCUT2D eigenvalue weighted by molar-refractivity contribution is -0.148. The zero-order chi connectivity index (χ0) is 18.1. The number of hydrogen-bond donors (Lipinski definition) is 1. The van der Waals surface area contributed by atoms with Crippen molar-refractivity contribution in [2.24, 2.45) is 0 Å². The van der Waals surface area contributed by atoms with E-state index in [1.54, 1.807) is 16.8 Å². The molecule has 0 radical (unpaired) electrons. The Morgan fingerprint density at radius 1 is 1.28 bits per heavy atom. The van der Waals surface area contributed by atoms with Crippen molar-refractivity contribution < 1.29 is 14.7 Å². The summed E-state index contributed by atoms with van der Waals surface area (Å²) in [6.45, 7) is 4.27. The molecular weight excluding hydrogens is 342 g/mol. The molecule has 1 amide bonds. The maximum atomic E-state index is 12.6. The van der Waals surface area contributed by atoms with Gasteiger partial charge in [-0.1, -0.05) is 11.6 Å². The van der Waals surface area contributed by atoms with E-state index in [2.05, 4.69) is 5.10 Å². The zero-order valence-corrected chi connectivity index (χ0v) is 15.0. The van der Waals surface area contributed by atoms with Gasteiger partial charge in [-0.15, -0.1) is 0 Å². The van der Waals surface area contributed by atoms with Crippen molar-refractivity contribution >= 4 is 23.5 Å². The summed E-state index contributed by atoms with van der Waals surface area (Å²) in [5, 5.41) is 14.4. The summed E-state index contributed by atoms with van der Waals surface area (Å²) in [5.41, 5.74) is 3.36. The van der Waals surface area contributed by atoms with Crippen LogP contribution in [0.5, 0.6) is 0 Å². The molecule has 1 aromatic carbocycles. The first kappa shape index (κ1) is 17.5. The number of benzene rings is 1. The van der Waals surface area contributed by atoms with Gasteiger partial charge in [0.25, 0.3) is 0 Å². The highest BCUT2D eigenvalue weighted by Gasteiger charge is 2.34. The van der Waals surface area contributed by atoms with Gasteiger partial charge in [0.15, 0.2) is 0 Å². The lowest BCUT2D eigenvalue weighted by Gasteiger charge is -2.21. The Morgan fingerprint density at radius 3 is 2.60 bits per heavy atom. The molecule has 1 atom stereocenters. The molecule has 1 N–H and O–H groups in total. The van der Waals surface area contributed by atoms with Gasteiger partial charge >= 0.3 is 5.97 Å². The second kappa shape index (κ2) is 6.88. The number of carboxylic acid groups (broad SMARTS) is 1. The van der Waals surface area contributed by atoms with Crippen LogP contribution in [0.1, 0.15) is 29.8 Å². The second-order valence-electron chi connectivity index (χ2n) is 6.30. The molecule has 0 unspecified atom stereocenters. The Hall–Kier alpha value is -2.34. The summed E-state index contributed by atoms with van der Waals surface area (Å²) in [6, 6.07) is 6.61. The molecule has 1 aromatic heterocycles. The first-order valence-electron chi connectivity index (χ1n) is 8.22. The summed E-state index contributed by atoms with van der Waals surface area (Å²) in [4.78, 5) is 25.4. The van der Waals surface area contributed by atoms with Gasteiger partial charge in [0, 0.05) is 22.8 Å². The average Bonchev–Trinajstić information content (AvgIpc) is 3.16. The molecule has 0 spiro atoms. The van der Waals surface area contributed by atoms with E-state index < -0.39 is 12.0 Å². The minimum atomic E-state index is -0.934. The fraction of sp³-hybridized carbons (Fsp3) is 0.389. The van der Waals surface area contributed by atoms with E-state index in [-0.39, 0.29) is 12.3 Å². The summed E-state index contributed by atoms with van der Waals surface area (Å²) < 4.78 is 1.78. The van der Waals surface area contributed by atoms with E-state index in [0.29, 0.717) is 18.0 Å². The molecule has 1 aliphatic rings. The fourth-order valence-corrected chi connectivity index (χ4v) is 3.47. The van der Waals surface area contributed by atoms with E-state index in [0.717, 1.165) is 29.1 Å². The molecule has 0 aliphatic carbocycles. The fourth-order valence-electron chi connectivity index (χ4n) is 3.34. The molecule has 2 heterocycles. The van der Waals surface area contributed by atoms with Crippen molar-refractivity contribution in [3.63, 3.8) is 0 Å². The lowest BCUT2D eigenvalue weighted by atomic mass is 10.1. The highest BCUT2D eigenvalue weighted by atomic mass is 35.5. The van der Waals surface area contributed by atoms with E-state index in [1.807, 2.05) is 26.0 Å². The minimum absolute atomic E-state index is 0.160. The first-order valence-corrected chi connectivity index (χ1v) is 8.59. The third kappa shape index (κ3) is 3.39. The number of carbonyl (C=O) groups excluding carboxylic acids is 1. The lowest BCUT2D eigenvalue weighted by Crippen LogP contribution is -2.41. The number of likely N-dealkylation sites (tertiary alicyclic amines) is 1. The number of aliphatic carboxylic acids is 1. The van der Waals surface area contributed by atoms with Crippen LogP contribution in [0.3, 0.4) is 0 Å². The molecule has 2 aromatic rings. The summed E-state index contributed by atoms with van der Waals surface area (Å²) in [6.07, 6.45) is 1.41. The van der Waals surface area contributed by atoms with E-state index in [9.17, 15) is 14.7 Å². The molecule has 1 saturated heterocycles. The van der Waals surface area contributed by atoms with Gasteiger partial charge < -0.3 is 10.0 Å². The van der Waals surface area contributed by atoms with Crippen LogP contribution >= 0.6 is 11.6 Å². The molecule has 132 valence electrons. The molecule has 7 heteroatoms. The van der Waals surface area contributed by atoms with Gasteiger partial charge in [-0.05, 0) is 51.0 Å². The van der Waals surface area contributed by atoms with Crippen molar-refractivity contribution in [2.45, 2.75) is 39.2 Å². The van der Waals surface area contributed by atoms with Crippen molar-refractivity contribution in [1.29, 1.82) is 0 Å². The molecule has 3 rings (SSSR count). The number of aromatic nitrogens is 2. The van der Waals surface area contributed by atoms with Gasteiger partial charge in [-0.3, -0.25) is 4.79 Å². The number of nitrogens with zero attached hydrogens (tertiary/aromatic N) is 3. The Labute approximate surface area is 151 Å². The van der Waals surface area contributed by atoms with Crippen LogP contribution < -0.4 is 0 Å². The van der Waals surface area contributed by atoms with Crippen LogP contribution in [0, 0.1) is 13.8 Å². The summed E-state index contributed by atoms with van der Waals surface area (Å²) in [5.74, 6) is -1.09. The van der Waals surface area contributed by atoms with Crippen molar-refractivity contribution in [1.82, 2.24) is 14.7 Å². The van der Waals surface area contributed by atoms with Gasteiger partial charge in [-0.25, -0.2) is 9.48 Å². The maximum absolute atomic E-state index is 12.6.